The summed E-state index contributed by atoms with van der Waals surface area (Å²) >= 11 is 0. The molecule has 0 saturated heterocycles. The van der Waals surface area contributed by atoms with Crippen LogP contribution in [0.25, 0.3) is 60.8 Å². The average Bonchev–Trinajstić information content (AvgIpc) is 3.83. The molecule has 10 rings (SSSR count). The van der Waals surface area contributed by atoms with Crippen LogP contribution in [-0.4, -0.2) is 14.5 Å². The van der Waals surface area contributed by atoms with Gasteiger partial charge in [0.05, 0.1) is 16.7 Å². The Morgan fingerprint density at radius 2 is 1.41 bits per heavy atom. The molecule has 0 radical (unpaired) electrons. The predicted molar refractivity (Wildman–Crippen MR) is 221 cm³/mol. The van der Waals surface area contributed by atoms with Crippen molar-refractivity contribution in [1.82, 2.24) is 14.5 Å². The largest absolute Gasteiger partial charge is 0.453 e. The Morgan fingerprint density at radius 1 is 0.667 bits per heavy atom. The molecule has 0 N–H and O–H groups in total. The molecule has 270 valence electrons. The first kappa shape index (κ1) is 33.2. The molecule has 4 heterocycles. The number of pyridine rings is 2. The molecule has 0 bridgehead atoms. The van der Waals surface area contributed by atoms with E-state index in [1.807, 2.05) is 18.3 Å². The Morgan fingerprint density at radius 3 is 2.22 bits per heavy atom. The van der Waals surface area contributed by atoms with Crippen molar-refractivity contribution in [2.24, 2.45) is 22.7 Å². The van der Waals surface area contributed by atoms with Gasteiger partial charge in [0.2, 0.25) is 0 Å². The third kappa shape index (κ3) is 5.59. The zero-order valence-electron chi connectivity index (χ0n) is 32.2. The van der Waals surface area contributed by atoms with Crippen molar-refractivity contribution in [1.29, 1.82) is 0 Å². The first-order valence-electron chi connectivity index (χ1n) is 19.6. The van der Waals surface area contributed by atoms with Crippen LogP contribution < -0.4 is 4.74 Å². The zero-order valence-corrected chi connectivity index (χ0v) is 32.2. The van der Waals surface area contributed by atoms with Crippen LogP contribution in [0.1, 0.15) is 69.2 Å². The highest BCUT2D eigenvalue weighted by atomic mass is 16.5. The molecule has 0 amide bonds. The number of nitrogens with zero attached hydrogens (tertiary/aromatic N) is 3. The third-order valence-electron chi connectivity index (χ3n) is 12.5. The van der Waals surface area contributed by atoms with Crippen molar-refractivity contribution < 1.29 is 9.15 Å². The maximum atomic E-state index is 6.89. The number of ether oxygens (including phenoxy) is 1. The number of benzene rings is 4. The van der Waals surface area contributed by atoms with E-state index in [2.05, 4.69) is 131 Å². The standard InChI is InChI=1S/C49H47N3O2/c1-29-17-46(51-26-30(29)2)52-42-13-9-7-11-37(42)38-16-15-36(23-43(38)52)53-45-22-33(20-40-39-12-8-10-14-44(39)54-47(40)45)41-21-32-18-31(19-34(32)27-50-41)35-24-48(3,4)28-49(5,6)25-35/h7-17,20-23,26-27,31,35H,18-19,24-25,28H2,1-6H3. The fourth-order valence-electron chi connectivity index (χ4n) is 10.4. The number of rotatable bonds is 5. The fraction of sp³-hybridized carbons (Fsp3) is 0.306. The number of para-hydroxylation sites is 2. The van der Waals surface area contributed by atoms with Crippen LogP contribution in [0.15, 0.2) is 108 Å². The second kappa shape index (κ2) is 12.0. The van der Waals surface area contributed by atoms with Crippen LogP contribution in [-0.2, 0) is 12.8 Å². The van der Waals surface area contributed by atoms with Crippen LogP contribution in [0.2, 0.25) is 0 Å². The van der Waals surface area contributed by atoms with E-state index in [9.17, 15) is 0 Å². The summed E-state index contributed by atoms with van der Waals surface area (Å²) in [7, 11) is 0. The lowest BCUT2D eigenvalue weighted by Gasteiger charge is -2.47. The van der Waals surface area contributed by atoms with Gasteiger partial charge in [0.1, 0.15) is 17.2 Å². The Labute approximate surface area is 317 Å². The Bertz CT molecular complexity index is 2770. The molecule has 4 aromatic heterocycles. The lowest BCUT2D eigenvalue weighted by atomic mass is 9.59. The molecular formula is C49H47N3O2. The molecule has 0 spiro atoms. The minimum absolute atomic E-state index is 0.390. The van der Waals surface area contributed by atoms with E-state index in [0.717, 1.165) is 79.9 Å². The van der Waals surface area contributed by atoms with E-state index in [4.69, 9.17) is 19.1 Å². The SMILES string of the molecule is Cc1cnc(-n2c3ccccc3c3ccc(Oc4cc(-c5cc6c(cn5)CC(C5CC(C)(C)CC(C)(C)C5)C6)cc5c4oc4ccccc45)cc32)cc1C. The molecule has 1 unspecified atom stereocenters. The predicted octanol–water partition coefficient (Wildman–Crippen LogP) is 13.1. The Hall–Kier alpha value is -5.42. The zero-order chi connectivity index (χ0) is 36.9. The second-order valence-electron chi connectivity index (χ2n) is 17.9. The van der Waals surface area contributed by atoms with Gasteiger partial charge in [-0.3, -0.25) is 9.55 Å². The topological polar surface area (TPSA) is 53.1 Å². The summed E-state index contributed by atoms with van der Waals surface area (Å²) in [6.07, 6.45) is 10.3. The summed E-state index contributed by atoms with van der Waals surface area (Å²) in [5.74, 6) is 3.73. The molecule has 0 aliphatic heterocycles. The van der Waals surface area contributed by atoms with Gasteiger partial charge in [-0.25, -0.2) is 4.98 Å². The summed E-state index contributed by atoms with van der Waals surface area (Å²) in [5, 5.41) is 4.43. The van der Waals surface area contributed by atoms with Crippen molar-refractivity contribution >= 4 is 43.7 Å². The number of fused-ring (bicyclic) bond motifs is 7. The third-order valence-corrected chi connectivity index (χ3v) is 12.5. The molecule has 1 atom stereocenters. The van der Waals surface area contributed by atoms with Gasteiger partial charge in [-0.15, -0.1) is 0 Å². The fourth-order valence-corrected chi connectivity index (χ4v) is 10.4. The maximum Gasteiger partial charge on any atom is 0.177 e. The molecule has 5 nitrogen and oxygen atoms in total. The summed E-state index contributed by atoms with van der Waals surface area (Å²) in [5.41, 5.74) is 11.8. The molecular weight excluding hydrogens is 663 g/mol. The van der Waals surface area contributed by atoms with E-state index in [-0.39, 0.29) is 0 Å². The number of aryl methyl sites for hydroxylation is 2. The van der Waals surface area contributed by atoms with Gasteiger partial charge >= 0.3 is 0 Å². The molecule has 8 aromatic rings. The molecule has 54 heavy (non-hydrogen) atoms. The van der Waals surface area contributed by atoms with E-state index in [1.165, 1.54) is 46.9 Å². The molecule has 4 aromatic carbocycles. The average molecular weight is 710 g/mol. The molecule has 2 aliphatic rings. The Kier molecular flexibility index (Phi) is 7.40. The van der Waals surface area contributed by atoms with Crippen molar-refractivity contribution in [2.75, 3.05) is 0 Å². The summed E-state index contributed by atoms with van der Waals surface area (Å²) in [4.78, 5) is 9.98. The molecule has 1 saturated carbocycles. The monoisotopic (exact) mass is 709 g/mol. The van der Waals surface area contributed by atoms with E-state index in [0.29, 0.717) is 22.5 Å². The van der Waals surface area contributed by atoms with Crippen LogP contribution in [0, 0.1) is 36.5 Å². The Balaban J connectivity index is 1.06. The van der Waals surface area contributed by atoms with Crippen LogP contribution in [0.4, 0.5) is 0 Å². The quantitative estimate of drug-likeness (QED) is 0.178. The van der Waals surface area contributed by atoms with Crippen LogP contribution in [0.3, 0.4) is 0 Å². The van der Waals surface area contributed by atoms with Gasteiger partial charge < -0.3 is 9.15 Å². The number of hydrogen-bond donors (Lipinski definition) is 0. The van der Waals surface area contributed by atoms with E-state index < -0.39 is 0 Å². The molecule has 2 aliphatic carbocycles. The highest BCUT2D eigenvalue weighted by molar-refractivity contribution is 6.10. The first-order chi connectivity index (χ1) is 26.0. The van der Waals surface area contributed by atoms with Crippen molar-refractivity contribution in [2.45, 2.75) is 73.6 Å². The summed E-state index contributed by atoms with van der Waals surface area (Å²) in [6, 6.07) is 32.0. The summed E-state index contributed by atoms with van der Waals surface area (Å²) < 4.78 is 15.7. The highest BCUT2D eigenvalue weighted by Crippen LogP contribution is 2.52. The first-order valence-corrected chi connectivity index (χ1v) is 19.6. The van der Waals surface area contributed by atoms with Gasteiger partial charge in [-0.05, 0) is 139 Å². The van der Waals surface area contributed by atoms with E-state index in [1.54, 1.807) is 0 Å². The van der Waals surface area contributed by atoms with Gasteiger partial charge in [0, 0.05) is 45.6 Å². The van der Waals surface area contributed by atoms with Crippen molar-refractivity contribution in [3.63, 3.8) is 0 Å². The van der Waals surface area contributed by atoms with Gasteiger partial charge in [-0.2, -0.15) is 0 Å². The minimum Gasteiger partial charge on any atom is -0.453 e. The highest BCUT2D eigenvalue weighted by Gasteiger charge is 2.42. The lowest BCUT2D eigenvalue weighted by Crippen LogP contribution is -2.37. The number of aromatic nitrogens is 3. The molecule has 1 fully saturated rings. The summed E-state index contributed by atoms with van der Waals surface area (Å²) in [6.45, 7) is 14.1. The van der Waals surface area contributed by atoms with Gasteiger partial charge in [-0.1, -0.05) is 64.1 Å². The maximum absolute atomic E-state index is 6.89. The van der Waals surface area contributed by atoms with Crippen molar-refractivity contribution in [3.8, 4) is 28.6 Å². The van der Waals surface area contributed by atoms with E-state index >= 15 is 0 Å². The number of furan rings is 1. The second-order valence-corrected chi connectivity index (χ2v) is 17.9. The lowest BCUT2D eigenvalue weighted by molar-refractivity contribution is 0.0416. The van der Waals surface area contributed by atoms with Gasteiger partial charge in [0.15, 0.2) is 11.3 Å². The smallest absolute Gasteiger partial charge is 0.177 e. The number of hydrogen-bond acceptors (Lipinski definition) is 4. The molecule has 5 heteroatoms. The van der Waals surface area contributed by atoms with Gasteiger partial charge in [0.25, 0.3) is 0 Å². The van der Waals surface area contributed by atoms with Crippen molar-refractivity contribution in [3.05, 3.63) is 126 Å². The minimum atomic E-state index is 0.390. The van der Waals surface area contributed by atoms with Crippen LogP contribution in [0.5, 0.6) is 11.5 Å². The van der Waals surface area contributed by atoms with Crippen LogP contribution >= 0.6 is 0 Å². The normalized spacial score (nSPS) is 18.2.